The molecule has 1 atom stereocenters. The van der Waals surface area contributed by atoms with Gasteiger partial charge < -0.3 is 10.6 Å². The molecule has 126 valence electrons. The molecule has 5 heteroatoms. The van der Waals surface area contributed by atoms with E-state index in [1.54, 1.807) is 6.07 Å². The number of furan rings is 1. The number of hydrogen-bond donors (Lipinski definition) is 0. The molecule has 0 saturated heterocycles. The zero-order chi connectivity index (χ0) is 16.2. The molecule has 0 fully saturated rings. The topological polar surface area (TPSA) is 56.5 Å². The summed E-state index contributed by atoms with van der Waals surface area (Å²) >= 11 is 0. The van der Waals surface area contributed by atoms with Crippen LogP contribution in [0.2, 0.25) is 0 Å². The van der Waals surface area contributed by atoms with Gasteiger partial charge in [-0.05, 0) is 25.0 Å². The molecule has 0 aliphatic carbocycles. The van der Waals surface area contributed by atoms with Crippen LogP contribution in [0.4, 0.5) is 0 Å². The van der Waals surface area contributed by atoms with Gasteiger partial charge >= 0.3 is 41.5 Å². The molecule has 0 aliphatic heterocycles. The monoisotopic (exact) mass is 332 g/mol. The van der Waals surface area contributed by atoms with E-state index in [0.717, 1.165) is 38.5 Å². The molecule has 1 aromatic heterocycles. The fourth-order valence-electron chi connectivity index (χ4n) is 2.44. The summed E-state index contributed by atoms with van der Waals surface area (Å²) in [4.78, 5) is 24.0. The van der Waals surface area contributed by atoms with Crippen molar-refractivity contribution < 1.29 is 49.7 Å². The summed E-state index contributed by atoms with van der Waals surface area (Å²) in [5, 5.41) is 0. The summed E-state index contributed by atoms with van der Waals surface area (Å²) in [5.74, 6) is -1.21. The van der Waals surface area contributed by atoms with Crippen molar-refractivity contribution in [1.29, 1.82) is 0 Å². The van der Waals surface area contributed by atoms with Gasteiger partial charge in [0.1, 0.15) is 0 Å². The van der Waals surface area contributed by atoms with E-state index in [-0.39, 0.29) is 42.7 Å². The van der Waals surface area contributed by atoms with E-state index in [2.05, 4.69) is 13.8 Å². The standard InChI is InChI=1S/C18H28O4.Na.H/c1-3-5-7-8-9-12-15(11-6-4-2)17(19)22-18(20)16-13-10-14-21-16;;/h10,13-15H,3-9,11-12H2,1-2H3;;/q;+1;-1. The number of hydrogen-bond acceptors (Lipinski definition) is 4. The molecular weight excluding hydrogens is 303 g/mol. The first kappa shape index (κ1) is 22.4. The molecule has 0 saturated carbocycles. The number of carbonyl (C=O) groups excluding carboxylic acids is 2. The molecule has 1 aromatic rings. The van der Waals surface area contributed by atoms with Crippen LogP contribution in [0.3, 0.4) is 0 Å². The SMILES string of the molecule is CCCCCCCC(CCCC)C(=O)OC(=O)c1ccco1.[H-].[Na+]. The Kier molecular flexibility index (Phi) is 13.5. The Morgan fingerprint density at radius 2 is 1.74 bits per heavy atom. The summed E-state index contributed by atoms with van der Waals surface area (Å²) in [6, 6.07) is 3.10. The predicted octanol–water partition coefficient (Wildman–Crippen LogP) is 2.25. The zero-order valence-corrected chi connectivity index (χ0v) is 16.8. The first-order valence-electron chi connectivity index (χ1n) is 8.48. The number of unbranched alkanes of at least 4 members (excludes halogenated alkanes) is 5. The van der Waals surface area contributed by atoms with Gasteiger partial charge in [0.15, 0.2) is 0 Å². The second-order valence-electron chi connectivity index (χ2n) is 5.73. The quantitative estimate of drug-likeness (QED) is 0.270. The molecule has 23 heavy (non-hydrogen) atoms. The molecule has 0 aliphatic rings. The van der Waals surface area contributed by atoms with E-state index < -0.39 is 11.9 Å². The number of carbonyl (C=O) groups is 2. The van der Waals surface area contributed by atoms with Crippen molar-refractivity contribution in [1.82, 2.24) is 0 Å². The van der Waals surface area contributed by atoms with E-state index in [1.165, 1.54) is 31.6 Å². The smallest absolute Gasteiger partial charge is 1.00 e. The number of rotatable bonds is 11. The van der Waals surface area contributed by atoms with Crippen LogP contribution in [-0.4, -0.2) is 11.9 Å². The van der Waals surface area contributed by atoms with Gasteiger partial charge in [0.2, 0.25) is 5.76 Å². The van der Waals surface area contributed by atoms with E-state index in [1.807, 2.05) is 0 Å². The van der Waals surface area contributed by atoms with E-state index in [4.69, 9.17) is 9.15 Å². The summed E-state index contributed by atoms with van der Waals surface area (Å²) in [5.41, 5.74) is 0. The number of ether oxygens (including phenoxy) is 1. The van der Waals surface area contributed by atoms with Crippen molar-refractivity contribution in [2.45, 2.75) is 71.6 Å². The van der Waals surface area contributed by atoms with Gasteiger partial charge in [0.05, 0.1) is 12.2 Å². The van der Waals surface area contributed by atoms with Crippen LogP contribution < -0.4 is 29.6 Å². The first-order valence-corrected chi connectivity index (χ1v) is 8.48. The molecule has 0 N–H and O–H groups in total. The summed E-state index contributed by atoms with van der Waals surface area (Å²) in [6.07, 6.45) is 10.8. The first-order chi connectivity index (χ1) is 10.7. The molecule has 0 amide bonds. The molecule has 1 heterocycles. The average Bonchev–Trinajstić information content (AvgIpc) is 3.04. The van der Waals surface area contributed by atoms with Crippen LogP contribution in [0.15, 0.2) is 22.8 Å². The second kappa shape index (κ2) is 13.8. The van der Waals surface area contributed by atoms with Crippen LogP contribution in [0.5, 0.6) is 0 Å². The fourth-order valence-corrected chi connectivity index (χ4v) is 2.44. The molecule has 0 bridgehead atoms. The van der Waals surface area contributed by atoms with Crippen LogP contribution >= 0.6 is 0 Å². The van der Waals surface area contributed by atoms with Gasteiger partial charge in [0, 0.05) is 0 Å². The molecule has 0 radical (unpaired) electrons. The van der Waals surface area contributed by atoms with Crippen LogP contribution in [-0.2, 0) is 9.53 Å². The van der Waals surface area contributed by atoms with Gasteiger partial charge in [-0.15, -0.1) is 0 Å². The largest absolute Gasteiger partial charge is 1.00 e. The van der Waals surface area contributed by atoms with Crippen LogP contribution in [0.1, 0.15) is 83.6 Å². The Morgan fingerprint density at radius 3 is 2.35 bits per heavy atom. The van der Waals surface area contributed by atoms with Crippen molar-refractivity contribution in [2.75, 3.05) is 0 Å². The Balaban J connectivity index is 0. The van der Waals surface area contributed by atoms with E-state index >= 15 is 0 Å². The maximum Gasteiger partial charge on any atom is 1.00 e. The van der Waals surface area contributed by atoms with Crippen molar-refractivity contribution >= 4 is 11.9 Å². The summed E-state index contributed by atoms with van der Waals surface area (Å²) in [7, 11) is 0. The molecule has 4 nitrogen and oxygen atoms in total. The average molecular weight is 332 g/mol. The summed E-state index contributed by atoms with van der Waals surface area (Å²) in [6.45, 7) is 4.28. The normalized spacial score (nSPS) is 11.6. The molecular formula is C18H29NaO4. The third-order valence-corrected chi connectivity index (χ3v) is 3.81. The minimum atomic E-state index is -0.692. The Labute approximate surface area is 163 Å². The maximum atomic E-state index is 12.2. The molecule has 0 aromatic carbocycles. The van der Waals surface area contributed by atoms with Crippen molar-refractivity contribution in [3.63, 3.8) is 0 Å². The van der Waals surface area contributed by atoms with Gasteiger partial charge in [-0.2, -0.15) is 0 Å². The van der Waals surface area contributed by atoms with E-state index in [9.17, 15) is 9.59 Å². The van der Waals surface area contributed by atoms with Crippen LogP contribution in [0, 0.1) is 5.92 Å². The van der Waals surface area contributed by atoms with Crippen molar-refractivity contribution in [3.8, 4) is 0 Å². The van der Waals surface area contributed by atoms with E-state index in [0.29, 0.717) is 0 Å². The predicted molar refractivity (Wildman–Crippen MR) is 86.6 cm³/mol. The third-order valence-electron chi connectivity index (χ3n) is 3.81. The van der Waals surface area contributed by atoms with Crippen molar-refractivity contribution in [3.05, 3.63) is 24.2 Å². The number of esters is 2. The fraction of sp³-hybridized carbons (Fsp3) is 0.667. The van der Waals surface area contributed by atoms with Crippen molar-refractivity contribution in [2.24, 2.45) is 5.92 Å². The molecule has 1 unspecified atom stereocenters. The Bertz CT molecular complexity index is 434. The minimum Gasteiger partial charge on any atom is -1.00 e. The minimum absolute atomic E-state index is 0. The van der Waals surface area contributed by atoms with Crippen LogP contribution in [0.25, 0.3) is 0 Å². The van der Waals surface area contributed by atoms with Gasteiger partial charge in [-0.25, -0.2) is 4.79 Å². The summed E-state index contributed by atoms with van der Waals surface area (Å²) < 4.78 is 9.92. The van der Waals surface area contributed by atoms with Gasteiger partial charge in [-0.1, -0.05) is 58.8 Å². The second-order valence-corrected chi connectivity index (χ2v) is 5.73. The Morgan fingerprint density at radius 1 is 1.09 bits per heavy atom. The maximum absolute atomic E-state index is 12.2. The molecule has 0 spiro atoms. The van der Waals surface area contributed by atoms with Gasteiger partial charge in [-0.3, -0.25) is 4.79 Å². The third kappa shape index (κ3) is 9.33. The zero-order valence-electron chi connectivity index (χ0n) is 15.8. The molecule has 1 rings (SSSR count). The Hall–Kier alpha value is -0.580. The van der Waals surface area contributed by atoms with Gasteiger partial charge in [0.25, 0.3) is 0 Å².